The van der Waals surface area contributed by atoms with Gasteiger partial charge in [0.25, 0.3) is 0 Å². The monoisotopic (exact) mass is 555 g/mol. The highest BCUT2D eigenvalue weighted by molar-refractivity contribution is 6.30. The topological polar surface area (TPSA) is 84.9 Å². The summed E-state index contributed by atoms with van der Waals surface area (Å²) < 4.78 is 25.3. The summed E-state index contributed by atoms with van der Waals surface area (Å²) in [4.78, 5) is 25.7. The minimum Gasteiger partial charge on any atom is -0.460 e. The van der Waals surface area contributed by atoms with E-state index in [1.807, 2.05) is 42.5 Å². The summed E-state index contributed by atoms with van der Waals surface area (Å²) in [6, 6.07) is 20.2. The first kappa shape index (κ1) is 30.1. The average Bonchev–Trinajstić information content (AvgIpc) is 2.88. The number of hydrogen-bond donors (Lipinski definition) is 2. The lowest BCUT2D eigenvalue weighted by molar-refractivity contribution is -0.159. The van der Waals surface area contributed by atoms with E-state index in [1.165, 1.54) is 12.1 Å². The maximum atomic E-state index is 14.3. The number of hydrogen-bond acceptors (Lipinski definition) is 5. The third-order valence-electron chi connectivity index (χ3n) is 6.15. The zero-order valence-corrected chi connectivity index (χ0v) is 23.4. The molecule has 0 bridgehead atoms. The molecule has 2 atom stereocenters. The van der Waals surface area contributed by atoms with Gasteiger partial charge in [-0.1, -0.05) is 66.2 Å². The van der Waals surface area contributed by atoms with Crippen LogP contribution in [-0.2, 0) is 27.3 Å². The third-order valence-corrected chi connectivity index (χ3v) is 6.38. The standard InChI is InChI=1S/C31H35ClFNO5/c1-30(2,3)39-29(37)34-25(18-31(4,20-35)28(36)38-19-22-8-6-5-7-9-22)16-21-10-12-23(13-11-21)26-17-24(32)14-15-27(26)33/h5-15,17,25,35H,16,18-20H2,1-4H3,(H,34,37)/t25-,31+/m1/s1. The molecule has 0 aliphatic rings. The molecule has 0 spiro atoms. The van der Waals surface area contributed by atoms with Crippen molar-refractivity contribution in [2.24, 2.45) is 5.41 Å². The van der Waals surface area contributed by atoms with Crippen molar-refractivity contribution in [1.29, 1.82) is 0 Å². The van der Waals surface area contributed by atoms with Crippen LogP contribution < -0.4 is 5.32 Å². The maximum absolute atomic E-state index is 14.3. The number of amides is 1. The Kier molecular flexibility index (Phi) is 10.1. The molecule has 0 heterocycles. The second kappa shape index (κ2) is 13.1. The Hall–Kier alpha value is -3.42. The van der Waals surface area contributed by atoms with Crippen molar-refractivity contribution in [2.45, 2.75) is 58.8 Å². The van der Waals surface area contributed by atoms with Crippen LogP contribution in [0.15, 0.2) is 72.8 Å². The van der Waals surface area contributed by atoms with Crippen molar-refractivity contribution in [3.8, 4) is 11.1 Å². The first-order chi connectivity index (χ1) is 18.4. The van der Waals surface area contributed by atoms with Crippen molar-refractivity contribution < 1.29 is 28.6 Å². The number of nitrogens with one attached hydrogen (secondary N) is 1. The van der Waals surface area contributed by atoms with Crippen molar-refractivity contribution in [2.75, 3.05) is 6.61 Å². The van der Waals surface area contributed by atoms with Crippen molar-refractivity contribution in [3.63, 3.8) is 0 Å². The van der Waals surface area contributed by atoms with E-state index in [9.17, 15) is 19.1 Å². The van der Waals surface area contributed by atoms with Gasteiger partial charge in [0.2, 0.25) is 0 Å². The minimum atomic E-state index is -1.28. The van der Waals surface area contributed by atoms with Crippen LogP contribution in [0.25, 0.3) is 11.1 Å². The Balaban J connectivity index is 1.78. The third kappa shape index (κ3) is 9.08. The average molecular weight is 556 g/mol. The predicted molar refractivity (Wildman–Crippen MR) is 150 cm³/mol. The van der Waals surface area contributed by atoms with E-state index < -0.39 is 35.7 Å². The summed E-state index contributed by atoms with van der Waals surface area (Å²) in [5.74, 6) is -0.957. The number of esters is 1. The summed E-state index contributed by atoms with van der Waals surface area (Å²) in [5, 5.41) is 13.5. The minimum absolute atomic E-state index is 0.0704. The lowest BCUT2D eigenvalue weighted by Crippen LogP contribution is -2.46. The number of carbonyl (C=O) groups is 2. The number of aliphatic hydroxyl groups excluding tert-OH is 1. The first-order valence-electron chi connectivity index (χ1n) is 12.7. The summed E-state index contributed by atoms with van der Waals surface area (Å²) in [6.45, 7) is 6.48. The van der Waals surface area contributed by atoms with Crippen LogP contribution in [0.4, 0.5) is 9.18 Å². The smallest absolute Gasteiger partial charge is 0.407 e. The fourth-order valence-corrected chi connectivity index (χ4v) is 4.30. The Morgan fingerprint density at radius 3 is 2.26 bits per heavy atom. The summed E-state index contributed by atoms with van der Waals surface area (Å²) in [7, 11) is 0. The Morgan fingerprint density at radius 2 is 1.64 bits per heavy atom. The van der Waals surface area contributed by atoms with Crippen LogP contribution in [0.1, 0.15) is 45.2 Å². The molecular weight excluding hydrogens is 521 g/mol. The molecular formula is C31H35ClFNO5. The first-order valence-corrected chi connectivity index (χ1v) is 13.1. The molecule has 0 saturated heterocycles. The van der Waals surface area contributed by atoms with Gasteiger partial charge in [0.1, 0.15) is 18.0 Å². The molecule has 3 rings (SSSR count). The van der Waals surface area contributed by atoms with Gasteiger partial charge < -0.3 is 19.9 Å². The van der Waals surface area contributed by atoms with Gasteiger partial charge in [0.15, 0.2) is 0 Å². The fraction of sp³-hybridized carbons (Fsp3) is 0.355. The van der Waals surface area contributed by atoms with E-state index in [-0.39, 0.29) is 18.8 Å². The van der Waals surface area contributed by atoms with E-state index in [0.29, 0.717) is 22.6 Å². The van der Waals surface area contributed by atoms with Crippen molar-refractivity contribution >= 4 is 23.7 Å². The lowest BCUT2D eigenvalue weighted by atomic mass is 9.82. The van der Waals surface area contributed by atoms with Crippen LogP contribution in [0.5, 0.6) is 0 Å². The van der Waals surface area contributed by atoms with Gasteiger partial charge in [-0.05, 0) is 75.4 Å². The van der Waals surface area contributed by atoms with E-state index in [2.05, 4.69) is 5.32 Å². The number of rotatable bonds is 10. The number of ether oxygens (including phenoxy) is 2. The lowest BCUT2D eigenvalue weighted by Gasteiger charge is -2.31. The highest BCUT2D eigenvalue weighted by Crippen LogP contribution is 2.29. The van der Waals surface area contributed by atoms with E-state index in [4.69, 9.17) is 21.1 Å². The molecule has 0 aliphatic heterocycles. The molecule has 39 heavy (non-hydrogen) atoms. The highest BCUT2D eigenvalue weighted by atomic mass is 35.5. The zero-order chi connectivity index (χ0) is 28.6. The van der Waals surface area contributed by atoms with Gasteiger partial charge >= 0.3 is 12.1 Å². The van der Waals surface area contributed by atoms with Gasteiger partial charge in [-0.25, -0.2) is 9.18 Å². The van der Waals surface area contributed by atoms with E-state index in [1.54, 1.807) is 45.9 Å². The molecule has 3 aromatic carbocycles. The molecule has 1 amide bonds. The predicted octanol–water partition coefficient (Wildman–Crippen LogP) is 6.71. The van der Waals surface area contributed by atoms with Gasteiger partial charge in [0, 0.05) is 16.6 Å². The fourth-order valence-electron chi connectivity index (χ4n) is 4.13. The van der Waals surface area contributed by atoms with Crippen LogP contribution in [0.3, 0.4) is 0 Å². The van der Waals surface area contributed by atoms with E-state index in [0.717, 1.165) is 11.1 Å². The molecule has 0 fully saturated rings. The number of aliphatic hydroxyl groups is 1. The quantitative estimate of drug-likeness (QED) is 0.271. The molecule has 2 N–H and O–H groups in total. The molecule has 6 nitrogen and oxygen atoms in total. The van der Waals surface area contributed by atoms with Crippen molar-refractivity contribution in [3.05, 3.63) is 94.8 Å². The normalized spacial score (nSPS) is 13.7. The largest absolute Gasteiger partial charge is 0.460 e. The van der Waals surface area contributed by atoms with Crippen LogP contribution in [0.2, 0.25) is 5.02 Å². The molecule has 0 saturated carbocycles. The van der Waals surface area contributed by atoms with Gasteiger partial charge in [-0.2, -0.15) is 0 Å². The number of carbonyl (C=O) groups excluding carboxylic acids is 2. The van der Waals surface area contributed by atoms with Crippen LogP contribution in [-0.4, -0.2) is 35.4 Å². The highest BCUT2D eigenvalue weighted by Gasteiger charge is 2.38. The molecule has 0 radical (unpaired) electrons. The van der Waals surface area contributed by atoms with Crippen molar-refractivity contribution in [1.82, 2.24) is 5.32 Å². The molecule has 208 valence electrons. The second-order valence-electron chi connectivity index (χ2n) is 10.9. The Bertz CT molecular complexity index is 1260. The summed E-state index contributed by atoms with van der Waals surface area (Å²) >= 11 is 6.04. The molecule has 0 aromatic heterocycles. The number of halogens is 2. The Morgan fingerprint density at radius 1 is 0.974 bits per heavy atom. The van der Waals surface area contributed by atoms with Gasteiger partial charge in [-0.15, -0.1) is 0 Å². The Labute approximate surface area is 234 Å². The molecule has 0 aliphatic carbocycles. The molecule has 0 unspecified atom stereocenters. The second-order valence-corrected chi connectivity index (χ2v) is 11.3. The number of alkyl carbamates (subject to hydrolysis) is 1. The van der Waals surface area contributed by atoms with Crippen LogP contribution >= 0.6 is 11.6 Å². The van der Waals surface area contributed by atoms with Crippen LogP contribution in [0, 0.1) is 11.2 Å². The van der Waals surface area contributed by atoms with Gasteiger partial charge in [-0.3, -0.25) is 4.79 Å². The molecule has 8 heteroatoms. The number of benzene rings is 3. The van der Waals surface area contributed by atoms with Gasteiger partial charge in [0.05, 0.1) is 12.0 Å². The molecule has 3 aromatic rings. The zero-order valence-electron chi connectivity index (χ0n) is 22.7. The summed E-state index contributed by atoms with van der Waals surface area (Å²) in [5.41, 5.74) is 0.697. The van der Waals surface area contributed by atoms with E-state index >= 15 is 0 Å². The maximum Gasteiger partial charge on any atom is 0.407 e. The SMILES string of the molecule is CC(C)(C)OC(=O)N[C@H](Cc1ccc(-c2cc(Cl)ccc2F)cc1)C[C@@](C)(CO)C(=O)OCc1ccccc1. The summed E-state index contributed by atoms with van der Waals surface area (Å²) in [6.07, 6.45) is -0.205.